The van der Waals surface area contributed by atoms with Gasteiger partial charge in [0.25, 0.3) is 15.9 Å². The molecule has 5 aromatic carbocycles. The number of halogens is 1. The Morgan fingerprint density at radius 1 is 0.900 bits per heavy atom. The molecule has 50 heavy (non-hydrogen) atoms. The van der Waals surface area contributed by atoms with E-state index in [2.05, 4.69) is 83.0 Å². The minimum Gasteiger partial charge on any atom is -0.381 e. The van der Waals surface area contributed by atoms with Gasteiger partial charge in [0.1, 0.15) is 0 Å². The van der Waals surface area contributed by atoms with E-state index in [1.54, 1.807) is 30.0 Å². The molecule has 6 rings (SSSR count). The van der Waals surface area contributed by atoms with Crippen LogP contribution in [-0.4, -0.2) is 39.2 Å². The molecule has 1 aliphatic rings. The van der Waals surface area contributed by atoms with Gasteiger partial charge >= 0.3 is 0 Å². The van der Waals surface area contributed by atoms with E-state index in [4.69, 9.17) is 11.6 Å². The number of hydrogen-bond acceptors (Lipinski definition) is 7. The summed E-state index contributed by atoms with van der Waals surface area (Å²) in [6, 6.07) is 38.6. The summed E-state index contributed by atoms with van der Waals surface area (Å²) in [5.74, 6) is 0.717. The zero-order valence-corrected chi connectivity index (χ0v) is 31.0. The van der Waals surface area contributed by atoms with Crippen molar-refractivity contribution < 1.29 is 13.2 Å². The Morgan fingerprint density at radius 2 is 1.58 bits per heavy atom. The highest BCUT2D eigenvalue weighted by Gasteiger charge is 2.23. The molecule has 1 fully saturated rings. The lowest BCUT2D eigenvalue weighted by Crippen LogP contribution is -2.34. The number of carbonyl (C=O) groups is 1. The number of rotatable bonds is 12. The SMILES string of the molecule is CC(CSc1ccccc1)Nc1ccc(S(=O)(=O)NC(=O)c2ccc(N3CCC(Cc4ccccc4-c4ccc(Cl)cc4)CC3)cc2)cc1S. The zero-order chi connectivity index (χ0) is 35.1. The normalized spacial score (nSPS) is 14.3. The third-order valence-corrected chi connectivity index (χ3v) is 12.2. The summed E-state index contributed by atoms with van der Waals surface area (Å²) in [6.45, 7) is 3.89. The number of nitrogens with zero attached hydrogens (tertiary/aromatic N) is 1. The van der Waals surface area contributed by atoms with Crippen LogP contribution in [0, 0.1) is 5.92 Å². The fourth-order valence-electron chi connectivity index (χ4n) is 6.22. The summed E-state index contributed by atoms with van der Waals surface area (Å²) in [5.41, 5.74) is 5.79. The van der Waals surface area contributed by atoms with Crippen LogP contribution in [0.1, 0.15) is 35.7 Å². The van der Waals surface area contributed by atoms with Gasteiger partial charge in [0.15, 0.2) is 0 Å². The molecule has 0 radical (unpaired) electrons. The molecule has 1 aliphatic heterocycles. The molecule has 1 heterocycles. The first-order valence-electron chi connectivity index (χ1n) is 16.7. The van der Waals surface area contributed by atoms with Crippen LogP contribution in [0.15, 0.2) is 136 Å². The molecule has 1 unspecified atom stereocenters. The molecule has 1 saturated heterocycles. The zero-order valence-electron chi connectivity index (χ0n) is 27.8. The van der Waals surface area contributed by atoms with E-state index in [0.29, 0.717) is 10.8 Å². The molecule has 5 aromatic rings. The van der Waals surface area contributed by atoms with E-state index >= 15 is 0 Å². The van der Waals surface area contributed by atoms with Crippen molar-refractivity contribution in [2.24, 2.45) is 5.92 Å². The van der Waals surface area contributed by atoms with E-state index in [1.165, 1.54) is 33.7 Å². The van der Waals surface area contributed by atoms with Gasteiger partial charge < -0.3 is 10.2 Å². The molecular formula is C40H40ClN3O3S3. The third kappa shape index (κ3) is 9.26. The third-order valence-electron chi connectivity index (χ3n) is 8.94. The molecular weight excluding hydrogens is 702 g/mol. The van der Waals surface area contributed by atoms with Crippen LogP contribution >= 0.6 is 36.0 Å². The summed E-state index contributed by atoms with van der Waals surface area (Å²) in [5, 5.41) is 4.13. The average molecular weight is 742 g/mol. The molecule has 6 nitrogen and oxygen atoms in total. The van der Waals surface area contributed by atoms with Gasteiger partial charge in [-0.25, -0.2) is 13.1 Å². The van der Waals surface area contributed by atoms with E-state index < -0.39 is 15.9 Å². The summed E-state index contributed by atoms with van der Waals surface area (Å²) in [6.07, 6.45) is 3.13. The highest BCUT2D eigenvalue weighted by molar-refractivity contribution is 7.99. The maximum Gasteiger partial charge on any atom is 0.264 e. The van der Waals surface area contributed by atoms with Crippen LogP contribution in [0.25, 0.3) is 11.1 Å². The Hall–Kier alpha value is -3.89. The topological polar surface area (TPSA) is 78.5 Å². The van der Waals surface area contributed by atoms with Gasteiger partial charge in [-0.2, -0.15) is 0 Å². The molecule has 0 saturated carbocycles. The predicted molar refractivity (Wildman–Crippen MR) is 211 cm³/mol. The molecule has 0 spiro atoms. The maximum absolute atomic E-state index is 13.1. The summed E-state index contributed by atoms with van der Waals surface area (Å²) >= 11 is 12.4. The molecule has 258 valence electrons. The lowest BCUT2D eigenvalue weighted by molar-refractivity contribution is 0.0981. The number of hydrogen-bond donors (Lipinski definition) is 3. The van der Waals surface area contributed by atoms with Crippen molar-refractivity contribution in [1.29, 1.82) is 0 Å². The molecule has 1 amide bonds. The van der Waals surface area contributed by atoms with E-state index in [0.717, 1.165) is 54.5 Å². The number of sulfonamides is 1. The number of thiol groups is 1. The van der Waals surface area contributed by atoms with E-state index in [-0.39, 0.29) is 16.5 Å². The Balaban J connectivity index is 1.01. The first kappa shape index (κ1) is 35.9. The van der Waals surface area contributed by atoms with Crippen molar-refractivity contribution in [2.75, 3.05) is 29.1 Å². The fraction of sp³-hybridized carbons (Fsp3) is 0.225. The number of benzene rings is 5. The Bertz CT molecular complexity index is 2020. The van der Waals surface area contributed by atoms with Crippen LogP contribution in [0.2, 0.25) is 5.02 Å². The summed E-state index contributed by atoms with van der Waals surface area (Å²) in [4.78, 5) is 17.0. The predicted octanol–water partition coefficient (Wildman–Crippen LogP) is 9.47. The van der Waals surface area contributed by atoms with Gasteiger partial charge in [0.2, 0.25) is 0 Å². The number of nitrogens with one attached hydrogen (secondary N) is 2. The number of piperidine rings is 1. The van der Waals surface area contributed by atoms with E-state index in [1.807, 2.05) is 42.5 Å². The molecule has 2 N–H and O–H groups in total. The van der Waals surface area contributed by atoms with Gasteiger partial charge in [-0.1, -0.05) is 66.2 Å². The Labute approximate surface area is 310 Å². The average Bonchev–Trinajstić information content (AvgIpc) is 3.13. The molecule has 0 aliphatic carbocycles. The molecule has 1 atom stereocenters. The molecule has 0 aromatic heterocycles. The summed E-state index contributed by atoms with van der Waals surface area (Å²) < 4.78 is 28.5. The van der Waals surface area contributed by atoms with Crippen molar-refractivity contribution in [3.05, 3.63) is 137 Å². The van der Waals surface area contributed by atoms with Crippen LogP contribution in [-0.2, 0) is 16.4 Å². The van der Waals surface area contributed by atoms with E-state index in [9.17, 15) is 13.2 Å². The number of thioether (sulfide) groups is 1. The van der Waals surface area contributed by atoms with Gasteiger partial charge in [0, 0.05) is 56.6 Å². The Kier molecular flexibility index (Phi) is 11.8. The van der Waals surface area contributed by atoms with Gasteiger partial charge in [0.05, 0.1) is 4.90 Å². The molecule has 10 heteroatoms. The van der Waals surface area contributed by atoms with Gasteiger partial charge in [-0.05, 0) is 116 Å². The highest BCUT2D eigenvalue weighted by Crippen LogP contribution is 2.31. The standard InChI is InChI=1S/C40H40ClN3O3S3/c1-28(27-49-35-8-3-2-4-9-35)42-38-20-19-36(26-39(38)48)50(46,47)43-40(45)31-13-17-34(18-14-31)44-23-21-29(22-24-44)25-32-7-5-6-10-37(32)30-11-15-33(41)16-12-30/h2-20,26,28-29,42,48H,21-25,27H2,1H3,(H,43,45). The van der Waals surface area contributed by atoms with Crippen molar-refractivity contribution >= 4 is 63.3 Å². The lowest BCUT2D eigenvalue weighted by atomic mass is 9.87. The maximum atomic E-state index is 13.1. The smallest absolute Gasteiger partial charge is 0.264 e. The number of amides is 1. The highest BCUT2D eigenvalue weighted by atomic mass is 35.5. The van der Waals surface area contributed by atoms with Gasteiger partial charge in [-0.15, -0.1) is 24.4 Å². The number of anilines is 2. The summed E-state index contributed by atoms with van der Waals surface area (Å²) in [7, 11) is -4.10. The van der Waals surface area contributed by atoms with Crippen LogP contribution < -0.4 is 14.9 Å². The van der Waals surface area contributed by atoms with Crippen molar-refractivity contribution in [2.45, 2.75) is 46.9 Å². The first-order valence-corrected chi connectivity index (χ1v) is 20.0. The van der Waals surface area contributed by atoms with Gasteiger partial charge in [-0.3, -0.25) is 4.79 Å². The van der Waals surface area contributed by atoms with Crippen molar-refractivity contribution in [3.63, 3.8) is 0 Å². The second kappa shape index (κ2) is 16.4. The first-order chi connectivity index (χ1) is 24.1. The minimum absolute atomic E-state index is 0.0250. The Morgan fingerprint density at radius 3 is 2.28 bits per heavy atom. The van der Waals surface area contributed by atoms with Crippen LogP contribution in [0.3, 0.4) is 0 Å². The van der Waals surface area contributed by atoms with Crippen LogP contribution in [0.4, 0.5) is 11.4 Å². The van der Waals surface area contributed by atoms with Crippen LogP contribution in [0.5, 0.6) is 0 Å². The quantitative estimate of drug-likeness (QED) is 0.0874. The second-order valence-corrected chi connectivity index (χ2v) is 16.3. The lowest BCUT2D eigenvalue weighted by Gasteiger charge is -2.34. The van der Waals surface area contributed by atoms with Crippen molar-refractivity contribution in [3.8, 4) is 11.1 Å². The fourth-order valence-corrected chi connectivity index (χ4v) is 8.59. The monoisotopic (exact) mass is 741 g/mol. The number of carbonyl (C=O) groups excluding carboxylic acids is 1. The second-order valence-electron chi connectivity index (χ2n) is 12.6. The van der Waals surface area contributed by atoms with Crippen molar-refractivity contribution in [1.82, 2.24) is 4.72 Å². The minimum atomic E-state index is -4.10. The molecule has 0 bridgehead atoms. The largest absolute Gasteiger partial charge is 0.381 e.